The Morgan fingerprint density at radius 2 is 1.83 bits per heavy atom. The lowest BCUT2D eigenvalue weighted by molar-refractivity contribution is -0.139. The number of anilines is 1. The molecule has 0 atom stereocenters. The molecule has 4 rings (SSSR count). The first kappa shape index (κ1) is 31.6. The number of unbranched alkanes of at least 4 members (excludes halogenated alkanes) is 1. The predicted octanol–water partition coefficient (Wildman–Crippen LogP) is 4.00. The van der Waals surface area contributed by atoms with Gasteiger partial charge in [0.1, 0.15) is 17.1 Å². The van der Waals surface area contributed by atoms with Crippen LogP contribution in [-0.2, 0) is 16.1 Å². The number of hydrogen-bond acceptors (Lipinski definition) is 9. The SMILES string of the molecule is C=CC(=O)N1CC(OCCn2c(=O)c(-c3c(Cl)c(OC)cc(OC)c3Cl)cc3cnc(NCCCCNCC)nc32)C1. The van der Waals surface area contributed by atoms with Gasteiger partial charge in [-0.05, 0) is 38.1 Å². The van der Waals surface area contributed by atoms with Crippen LogP contribution in [0.25, 0.3) is 22.2 Å². The molecule has 0 spiro atoms. The van der Waals surface area contributed by atoms with E-state index >= 15 is 0 Å². The average Bonchev–Trinajstić information content (AvgIpc) is 2.97. The number of nitrogens with zero attached hydrogens (tertiary/aromatic N) is 4. The van der Waals surface area contributed by atoms with Crippen LogP contribution < -0.4 is 25.7 Å². The van der Waals surface area contributed by atoms with Crippen LogP contribution in [0.4, 0.5) is 5.95 Å². The number of amides is 1. The summed E-state index contributed by atoms with van der Waals surface area (Å²) >= 11 is 13.4. The Hall–Kier alpha value is -3.38. The molecule has 0 radical (unpaired) electrons. The van der Waals surface area contributed by atoms with E-state index in [-0.39, 0.29) is 51.9 Å². The van der Waals surface area contributed by atoms with Crippen molar-refractivity contribution in [3.05, 3.63) is 51.4 Å². The largest absolute Gasteiger partial charge is 0.495 e. The predicted molar refractivity (Wildman–Crippen MR) is 165 cm³/mol. The van der Waals surface area contributed by atoms with Gasteiger partial charge in [-0.2, -0.15) is 4.98 Å². The average molecular weight is 620 g/mol. The van der Waals surface area contributed by atoms with E-state index < -0.39 is 0 Å². The molecule has 1 aliphatic heterocycles. The number of rotatable bonds is 15. The third kappa shape index (κ3) is 6.97. The summed E-state index contributed by atoms with van der Waals surface area (Å²) in [4.78, 5) is 36.6. The number of fused-ring (bicyclic) bond motifs is 1. The standard InChI is InChI=1S/C29H36Cl2N6O5/c1-5-23(38)36-16-19(17-36)42-12-11-37-27-18(15-34-29(35-27)33-10-8-7-9-32-6-2)13-20(28(37)39)24-25(30)21(40-3)14-22(41-4)26(24)31/h5,13-15,19,32H,1,6-12,16-17H2,2-4H3,(H,33,34,35). The van der Waals surface area contributed by atoms with Gasteiger partial charge in [0.15, 0.2) is 0 Å². The highest BCUT2D eigenvalue weighted by Crippen LogP contribution is 2.45. The minimum atomic E-state index is -0.363. The van der Waals surface area contributed by atoms with Crippen molar-refractivity contribution in [3.63, 3.8) is 0 Å². The van der Waals surface area contributed by atoms with E-state index in [1.165, 1.54) is 24.9 Å². The maximum atomic E-state index is 14.1. The van der Waals surface area contributed by atoms with E-state index in [0.717, 1.165) is 25.9 Å². The second kappa shape index (κ2) is 14.7. The number of benzene rings is 1. The molecule has 0 aliphatic carbocycles. The van der Waals surface area contributed by atoms with Crippen molar-refractivity contribution in [3.8, 4) is 22.6 Å². The molecule has 1 saturated heterocycles. The summed E-state index contributed by atoms with van der Waals surface area (Å²) in [6, 6.07) is 3.24. The van der Waals surface area contributed by atoms with Crippen molar-refractivity contribution in [1.29, 1.82) is 0 Å². The van der Waals surface area contributed by atoms with Crippen molar-refractivity contribution < 1.29 is 19.0 Å². The molecule has 3 aromatic rings. The van der Waals surface area contributed by atoms with Crippen molar-refractivity contribution >= 4 is 46.1 Å². The third-order valence-electron chi connectivity index (χ3n) is 6.99. The van der Waals surface area contributed by atoms with Crippen LogP contribution in [0.3, 0.4) is 0 Å². The molecule has 226 valence electrons. The molecule has 13 heteroatoms. The van der Waals surface area contributed by atoms with Crippen molar-refractivity contribution in [2.75, 3.05) is 58.9 Å². The number of pyridine rings is 1. The van der Waals surface area contributed by atoms with Crippen LogP contribution >= 0.6 is 23.2 Å². The van der Waals surface area contributed by atoms with Crippen LogP contribution in [-0.4, -0.2) is 85.0 Å². The molecule has 2 N–H and O–H groups in total. The van der Waals surface area contributed by atoms with Gasteiger partial charge in [-0.25, -0.2) is 4.98 Å². The lowest BCUT2D eigenvalue weighted by Gasteiger charge is -2.38. The van der Waals surface area contributed by atoms with E-state index in [2.05, 4.69) is 34.1 Å². The van der Waals surface area contributed by atoms with Gasteiger partial charge >= 0.3 is 0 Å². The number of halogens is 2. The molecular weight excluding hydrogens is 583 g/mol. The van der Waals surface area contributed by atoms with Crippen LogP contribution in [0, 0.1) is 0 Å². The quantitative estimate of drug-likeness (QED) is 0.192. The monoisotopic (exact) mass is 618 g/mol. The van der Waals surface area contributed by atoms with Gasteiger partial charge in [-0.1, -0.05) is 36.7 Å². The molecule has 0 unspecified atom stereocenters. The second-order valence-corrected chi connectivity index (χ2v) is 10.5. The fourth-order valence-electron chi connectivity index (χ4n) is 4.67. The number of ether oxygens (including phenoxy) is 3. The number of methoxy groups -OCH3 is 2. The smallest absolute Gasteiger partial charge is 0.260 e. The van der Waals surface area contributed by atoms with E-state index in [0.29, 0.717) is 48.1 Å². The Kier molecular flexibility index (Phi) is 11.0. The van der Waals surface area contributed by atoms with Crippen LogP contribution in [0.15, 0.2) is 35.8 Å². The fraction of sp³-hybridized carbons (Fsp3) is 0.448. The highest BCUT2D eigenvalue weighted by molar-refractivity contribution is 6.41. The third-order valence-corrected chi connectivity index (χ3v) is 7.74. The molecule has 42 heavy (non-hydrogen) atoms. The lowest BCUT2D eigenvalue weighted by atomic mass is 10.0. The zero-order valence-corrected chi connectivity index (χ0v) is 25.6. The minimum absolute atomic E-state index is 0.125. The van der Waals surface area contributed by atoms with Gasteiger partial charge < -0.3 is 29.7 Å². The first-order chi connectivity index (χ1) is 20.3. The molecule has 11 nitrogen and oxygen atoms in total. The molecular formula is C29H36Cl2N6O5. The Morgan fingerprint density at radius 1 is 1.14 bits per heavy atom. The highest BCUT2D eigenvalue weighted by Gasteiger charge is 2.30. The maximum absolute atomic E-state index is 14.1. The van der Waals surface area contributed by atoms with Gasteiger partial charge in [-0.3, -0.25) is 14.2 Å². The zero-order chi connectivity index (χ0) is 30.2. The van der Waals surface area contributed by atoms with Crippen LogP contribution in [0.1, 0.15) is 19.8 Å². The Balaban J connectivity index is 1.67. The first-order valence-electron chi connectivity index (χ1n) is 13.8. The van der Waals surface area contributed by atoms with Crippen molar-refractivity contribution in [2.24, 2.45) is 0 Å². The van der Waals surface area contributed by atoms with Gasteiger partial charge in [0.2, 0.25) is 11.9 Å². The summed E-state index contributed by atoms with van der Waals surface area (Å²) in [7, 11) is 2.95. The summed E-state index contributed by atoms with van der Waals surface area (Å²) in [5, 5.41) is 7.53. The topological polar surface area (TPSA) is 120 Å². The maximum Gasteiger partial charge on any atom is 0.260 e. The van der Waals surface area contributed by atoms with Crippen molar-refractivity contribution in [1.82, 2.24) is 24.8 Å². The number of hydrogen-bond donors (Lipinski definition) is 2. The molecule has 0 bridgehead atoms. The number of carbonyl (C=O) groups is 1. The molecule has 3 heterocycles. The van der Waals surface area contributed by atoms with E-state index in [9.17, 15) is 9.59 Å². The minimum Gasteiger partial charge on any atom is -0.495 e. The Labute approximate surface area is 254 Å². The number of carbonyl (C=O) groups excluding carboxylic acids is 1. The summed E-state index contributed by atoms with van der Waals surface area (Å²) < 4.78 is 18.3. The van der Waals surface area contributed by atoms with Crippen LogP contribution in [0.5, 0.6) is 11.5 Å². The summed E-state index contributed by atoms with van der Waals surface area (Å²) in [6.45, 7) is 9.53. The fourth-order valence-corrected chi connectivity index (χ4v) is 5.37. The Bertz CT molecular complexity index is 1460. The van der Waals surface area contributed by atoms with Crippen molar-refractivity contribution in [2.45, 2.75) is 32.4 Å². The summed E-state index contributed by atoms with van der Waals surface area (Å²) in [6.07, 6.45) is 4.77. The number of likely N-dealkylation sites (tertiary alicyclic amines) is 1. The summed E-state index contributed by atoms with van der Waals surface area (Å²) in [5.74, 6) is 0.918. The highest BCUT2D eigenvalue weighted by atomic mass is 35.5. The van der Waals surface area contributed by atoms with Gasteiger partial charge in [-0.15, -0.1) is 0 Å². The number of aromatic nitrogens is 3. The zero-order valence-electron chi connectivity index (χ0n) is 24.0. The molecule has 1 amide bonds. The van der Waals surface area contributed by atoms with Gasteiger partial charge in [0, 0.05) is 42.8 Å². The van der Waals surface area contributed by atoms with Crippen LogP contribution in [0.2, 0.25) is 10.0 Å². The first-order valence-corrected chi connectivity index (χ1v) is 14.6. The molecule has 1 fully saturated rings. The Morgan fingerprint density at radius 3 is 2.48 bits per heavy atom. The molecule has 0 saturated carbocycles. The van der Waals surface area contributed by atoms with E-state index in [4.69, 9.17) is 37.4 Å². The van der Waals surface area contributed by atoms with E-state index in [1.54, 1.807) is 23.2 Å². The normalized spacial score (nSPS) is 13.2. The van der Waals surface area contributed by atoms with E-state index in [1.807, 2.05) is 0 Å². The molecule has 1 aliphatic rings. The lowest BCUT2D eigenvalue weighted by Crippen LogP contribution is -2.54. The molecule has 1 aromatic carbocycles. The van der Waals surface area contributed by atoms with Gasteiger partial charge in [0.25, 0.3) is 5.56 Å². The number of nitrogens with one attached hydrogen (secondary N) is 2. The van der Waals surface area contributed by atoms with Gasteiger partial charge in [0.05, 0.1) is 49.1 Å². The summed E-state index contributed by atoms with van der Waals surface area (Å²) in [5.41, 5.74) is 0.611. The molecule has 2 aromatic heterocycles. The second-order valence-electron chi connectivity index (χ2n) is 9.70.